The fraction of sp³-hybridized carbons (Fsp3) is 0.667. The largest absolute Gasteiger partial charge is 0.376 e. The molecule has 2 aliphatic rings. The van der Waals surface area contributed by atoms with E-state index < -0.39 is 0 Å². The number of carbonyl (C=O) groups is 1. The minimum Gasteiger partial charge on any atom is -0.376 e. The minimum atomic E-state index is 0.211. The Morgan fingerprint density at radius 1 is 1.23 bits per heavy atom. The van der Waals surface area contributed by atoms with Crippen molar-refractivity contribution in [2.24, 2.45) is 0 Å². The first-order valence-corrected chi connectivity index (χ1v) is 7.86. The monoisotopic (exact) mass is 305 g/mol. The van der Waals surface area contributed by atoms with Crippen molar-refractivity contribution in [2.45, 2.75) is 13.0 Å². The van der Waals surface area contributed by atoms with Crippen molar-refractivity contribution in [2.75, 3.05) is 57.3 Å². The normalized spacial score (nSPS) is 23.6. The van der Waals surface area contributed by atoms with E-state index in [9.17, 15) is 4.79 Å². The van der Waals surface area contributed by atoms with Crippen LogP contribution in [0.1, 0.15) is 6.92 Å². The number of amides is 1. The van der Waals surface area contributed by atoms with Crippen LogP contribution in [0.3, 0.4) is 0 Å². The van der Waals surface area contributed by atoms with Gasteiger partial charge in [0.05, 0.1) is 19.3 Å². The first-order chi connectivity index (χ1) is 10.7. The van der Waals surface area contributed by atoms with E-state index in [4.69, 9.17) is 4.74 Å². The molecule has 3 rings (SSSR count). The number of morpholine rings is 1. The van der Waals surface area contributed by atoms with E-state index in [1.54, 1.807) is 12.4 Å². The summed E-state index contributed by atoms with van der Waals surface area (Å²) >= 11 is 0. The van der Waals surface area contributed by atoms with E-state index in [1.807, 2.05) is 11.0 Å². The summed E-state index contributed by atoms with van der Waals surface area (Å²) < 4.78 is 5.51. The van der Waals surface area contributed by atoms with Crippen LogP contribution in [0.2, 0.25) is 0 Å². The highest BCUT2D eigenvalue weighted by molar-refractivity contribution is 5.78. The molecular weight excluding hydrogens is 282 g/mol. The number of aromatic nitrogens is 2. The molecule has 1 amide bonds. The third kappa shape index (κ3) is 3.72. The van der Waals surface area contributed by atoms with Crippen LogP contribution in [0, 0.1) is 0 Å². The highest BCUT2D eigenvalue weighted by Gasteiger charge is 2.25. The molecule has 2 fully saturated rings. The van der Waals surface area contributed by atoms with Crippen LogP contribution < -0.4 is 4.90 Å². The molecule has 3 heterocycles. The molecule has 120 valence electrons. The summed E-state index contributed by atoms with van der Waals surface area (Å²) in [4.78, 5) is 27.2. The van der Waals surface area contributed by atoms with Gasteiger partial charge in [0.1, 0.15) is 0 Å². The fourth-order valence-corrected chi connectivity index (χ4v) is 2.94. The summed E-state index contributed by atoms with van der Waals surface area (Å²) in [5, 5.41) is 0. The van der Waals surface area contributed by atoms with E-state index in [0.717, 1.165) is 45.2 Å². The van der Waals surface area contributed by atoms with Crippen molar-refractivity contribution in [1.29, 1.82) is 0 Å². The number of nitrogens with zero attached hydrogens (tertiary/aromatic N) is 5. The van der Waals surface area contributed by atoms with Crippen molar-refractivity contribution in [1.82, 2.24) is 19.8 Å². The second-order valence-corrected chi connectivity index (χ2v) is 5.83. The fourth-order valence-electron chi connectivity index (χ4n) is 2.94. The maximum atomic E-state index is 12.4. The SMILES string of the molecule is C[C@H]1CN(CC(=O)N2CCN(c3ncccn3)CC2)CCO1. The molecule has 1 aromatic heterocycles. The standard InChI is InChI=1S/C15H23N5O2/c1-13-11-18(9-10-22-13)12-14(21)19-5-7-20(8-6-19)15-16-3-2-4-17-15/h2-4,13H,5-12H2,1H3/t13-/m0/s1. The molecule has 0 saturated carbocycles. The smallest absolute Gasteiger partial charge is 0.236 e. The van der Waals surface area contributed by atoms with Gasteiger partial charge in [0, 0.05) is 51.7 Å². The number of piperazine rings is 1. The molecule has 1 atom stereocenters. The lowest BCUT2D eigenvalue weighted by Crippen LogP contribution is -2.53. The zero-order valence-corrected chi connectivity index (χ0v) is 13.0. The molecular formula is C15H23N5O2. The van der Waals surface area contributed by atoms with E-state index in [2.05, 4.69) is 26.7 Å². The van der Waals surface area contributed by atoms with Crippen LogP contribution in [0.15, 0.2) is 18.5 Å². The third-order valence-electron chi connectivity index (χ3n) is 4.15. The van der Waals surface area contributed by atoms with E-state index in [0.29, 0.717) is 13.2 Å². The van der Waals surface area contributed by atoms with Gasteiger partial charge in [-0.3, -0.25) is 9.69 Å². The van der Waals surface area contributed by atoms with Crippen molar-refractivity contribution >= 4 is 11.9 Å². The lowest BCUT2D eigenvalue weighted by Gasteiger charge is -2.37. The molecule has 0 radical (unpaired) electrons. The molecule has 0 bridgehead atoms. The average molecular weight is 305 g/mol. The molecule has 0 N–H and O–H groups in total. The Kier molecular flexibility index (Phi) is 4.84. The summed E-state index contributed by atoms with van der Waals surface area (Å²) in [7, 11) is 0. The minimum absolute atomic E-state index is 0.211. The number of hydrogen-bond donors (Lipinski definition) is 0. The molecule has 0 spiro atoms. The second kappa shape index (κ2) is 7.02. The van der Waals surface area contributed by atoms with Crippen LogP contribution in [-0.2, 0) is 9.53 Å². The lowest BCUT2D eigenvalue weighted by molar-refractivity contribution is -0.134. The van der Waals surface area contributed by atoms with Gasteiger partial charge in [-0.25, -0.2) is 9.97 Å². The molecule has 0 aliphatic carbocycles. The predicted molar refractivity (Wildman–Crippen MR) is 82.7 cm³/mol. The van der Waals surface area contributed by atoms with E-state index >= 15 is 0 Å². The molecule has 0 aromatic carbocycles. The number of hydrogen-bond acceptors (Lipinski definition) is 6. The topological polar surface area (TPSA) is 61.8 Å². The summed E-state index contributed by atoms with van der Waals surface area (Å²) in [6.07, 6.45) is 3.72. The lowest BCUT2D eigenvalue weighted by atomic mass is 10.2. The molecule has 1 aromatic rings. The van der Waals surface area contributed by atoms with Crippen LogP contribution in [-0.4, -0.2) is 84.2 Å². The van der Waals surface area contributed by atoms with Gasteiger partial charge in [0.25, 0.3) is 0 Å². The quantitative estimate of drug-likeness (QED) is 0.774. The maximum absolute atomic E-state index is 12.4. The Balaban J connectivity index is 1.47. The second-order valence-electron chi connectivity index (χ2n) is 5.83. The highest BCUT2D eigenvalue weighted by atomic mass is 16.5. The Morgan fingerprint density at radius 3 is 2.64 bits per heavy atom. The zero-order chi connectivity index (χ0) is 15.4. The van der Waals surface area contributed by atoms with E-state index in [1.165, 1.54) is 0 Å². The maximum Gasteiger partial charge on any atom is 0.236 e. The number of carbonyl (C=O) groups excluding carboxylic acids is 1. The summed E-state index contributed by atoms with van der Waals surface area (Å²) in [6.45, 7) is 7.98. The first-order valence-electron chi connectivity index (χ1n) is 7.86. The van der Waals surface area contributed by atoms with Gasteiger partial charge in [-0.05, 0) is 13.0 Å². The molecule has 0 unspecified atom stereocenters. The Morgan fingerprint density at radius 2 is 1.95 bits per heavy atom. The summed E-state index contributed by atoms with van der Waals surface area (Å²) in [6, 6.07) is 1.81. The van der Waals surface area contributed by atoms with Crippen molar-refractivity contribution in [3.63, 3.8) is 0 Å². The van der Waals surface area contributed by atoms with Gasteiger partial charge in [-0.15, -0.1) is 0 Å². The molecule has 7 heteroatoms. The van der Waals surface area contributed by atoms with Crippen molar-refractivity contribution in [3.05, 3.63) is 18.5 Å². The van der Waals surface area contributed by atoms with Gasteiger partial charge >= 0.3 is 0 Å². The number of rotatable bonds is 3. The average Bonchev–Trinajstić information content (AvgIpc) is 2.56. The third-order valence-corrected chi connectivity index (χ3v) is 4.15. The predicted octanol–water partition coefficient (Wildman–Crippen LogP) is -0.154. The van der Waals surface area contributed by atoms with Gasteiger partial charge in [0.15, 0.2) is 0 Å². The van der Waals surface area contributed by atoms with Gasteiger partial charge < -0.3 is 14.5 Å². The van der Waals surface area contributed by atoms with Gasteiger partial charge in [-0.1, -0.05) is 0 Å². The van der Waals surface area contributed by atoms with Crippen LogP contribution >= 0.6 is 0 Å². The number of ether oxygens (including phenoxy) is 1. The molecule has 7 nitrogen and oxygen atoms in total. The molecule has 2 saturated heterocycles. The number of anilines is 1. The first kappa shape index (κ1) is 15.2. The molecule has 22 heavy (non-hydrogen) atoms. The van der Waals surface area contributed by atoms with Gasteiger partial charge in [0.2, 0.25) is 11.9 Å². The van der Waals surface area contributed by atoms with E-state index in [-0.39, 0.29) is 12.0 Å². The Labute approximate surface area is 130 Å². The van der Waals surface area contributed by atoms with Crippen LogP contribution in [0.5, 0.6) is 0 Å². The van der Waals surface area contributed by atoms with Crippen molar-refractivity contribution in [3.8, 4) is 0 Å². The van der Waals surface area contributed by atoms with Gasteiger partial charge in [-0.2, -0.15) is 0 Å². The van der Waals surface area contributed by atoms with Crippen LogP contribution in [0.25, 0.3) is 0 Å². The summed E-state index contributed by atoms with van der Waals surface area (Å²) in [5.74, 6) is 0.958. The van der Waals surface area contributed by atoms with Crippen LogP contribution in [0.4, 0.5) is 5.95 Å². The summed E-state index contributed by atoms with van der Waals surface area (Å²) in [5.41, 5.74) is 0. The van der Waals surface area contributed by atoms with Crippen molar-refractivity contribution < 1.29 is 9.53 Å². The molecule has 2 aliphatic heterocycles. The Bertz CT molecular complexity index is 490. The highest BCUT2D eigenvalue weighted by Crippen LogP contribution is 2.11. The Hall–Kier alpha value is -1.73. The zero-order valence-electron chi connectivity index (χ0n) is 13.0.